The maximum Gasteiger partial charge on any atom is 0.335 e. The predicted molar refractivity (Wildman–Crippen MR) is 73.4 cm³/mol. The van der Waals surface area contributed by atoms with Crippen molar-refractivity contribution in [2.45, 2.75) is 26.8 Å². The van der Waals surface area contributed by atoms with Gasteiger partial charge in [0, 0.05) is 17.6 Å². The van der Waals surface area contributed by atoms with Crippen LogP contribution < -0.4 is 5.32 Å². The molecular weight excluding hydrogens is 242 g/mol. The fourth-order valence-corrected chi connectivity index (χ4v) is 1.87. The Morgan fingerprint density at radius 2 is 2.21 bits per heavy atom. The third-order valence-electron chi connectivity index (χ3n) is 2.85. The van der Waals surface area contributed by atoms with Crippen molar-refractivity contribution in [3.63, 3.8) is 0 Å². The Labute approximate surface area is 111 Å². The normalized spacial score (nSPS) is 10.4. The van der Waals surface area contributed by atoms with Crippen LogP contribution in [-0.4, -0.2) is 21.0 Å². The summed E-state index contributed by atoms with van der Waals surface area (Å²) in [5.74, 6) is -0.0757. The first-order chi connectivity index (χ1) is 9.08. The summed E-state index contributed by atoms with van der Waals surface area (Å²) in [4.78, 5) is 18.4. The van der Waals surface area contributed by atoms with E-state index in [4.69, 9.17) is 5.11 Å². The van der Waals surface area contributed by atoms with Crippen molar-refractivity contribution >= 4 is 11.7 Å². The molecular formula is C14H17N3O2. The molecule has 1 aromatic carbocycles. The SMILES string of the molecule is CCc1cnc(CNc2cc(C)cc(C(=O)O)c2)[nH]1. The van der Waals surface area contributed by atoms with Gasteiger partial charge in [0.1, 0.15) is 5.82 Å². The minimum atomic E-state index is -0.919. The number of nitrogens with zero attached hydrogens (tertiary/aromatic N) is 1. The predicted octanol–water partition coefficient (Wildman–Crippen LogP) is 2.59. The van der Waals surface area contributed by atoms with Crippen molar-refractivity contribution in [3.8, 4) is 0 Å². The van der Waals surface area contributed by atoms with E-state index in [0.717, 1.165) is 29.2 Å². The third-order valence-corrected chi connectivity index (χ3v) is 2.85. The number of H-pyrrole nitrogens is 1. The Hall–Kier alpha value is -2.30. The molecule has 1 aromatic heterocycles. The number of carboxylic acids is 1. The standard InChI is InChI=1S/C14H17N3O2/c1-3-11-7-16-13(17-11)8-15-12-5-9(2)4-10(6-12)14(18)19/h4-7,15H,3,8H2,1-2H3,(H,16,17)(H,18,19). The van der Waals surface area contributed by atoms with Gasteiger partial charge < -0.3 is 15.4 Å². The first-order valence-corrected chi connectivity index (χ1v) is 6.20. The van der Waals surface area contributed by atoms with Crippen LogP contribution in [0, 0.1) is 6.92 Å². The van der Waals surface area contributed by atoms with Crippen LogP contribution in [0.15, 0.2) is 24.4 Å². The smallest absolute Gasteiger partial charge is 0.335 e. The fraction of sp³-hybridized carbons (Fsp3) is 0.286. The molecule has 2 aromatic rings. The van der Waals surface area contributed by atoms with Crippen LogP contribution >= 0.6 is 0 Å². The Morgan fingerprint density at radius 3 is 2.84 bits per heavy atom. The molecule has 1 heterocycles. The van der Waals surface area contributed by atoms with Gasteiger partial charge in [-0.05, 0) is 37.1 Å². The van der Waals surface area contributed by atoms with Gasteiger partial charge in [0.25, 0.3) is 0 Å². The number of aromatic amines is 1. The second-order valence-electron chi connectivity index (χ2n) is 4.46. The summed E-state index contributed by atoms with van der Waals surface area (Å²) in [6, 6.07) is 5.19. The maximum absolute atomic E-state index is 11.0. The van der Waals surface area contributed by atoms with Crippen LogP contribution in [0.2, 0.25) is 0 Å². The molecule has 0 atom stereocenters. The average molecular weight is 259 g/mol. The van der Waals surface area contributed by atoms with Crippen LogP contribution in [0.25, 0.3) is 0 Å². The molecule has 0 saturated heterocycles. The minimum Gasteiger partial charge on any atom is -0.478 e. The zero-order valence-corrected chi connectivity index (χ0v) is 11.0. The number of carbonyl (C=O) groups is 1. The van der Waals surface area contributed by atoms with Crippen molar-refractivity contribution in [2.24, 2.45) is 0 Å². The number of hydrogen-bond acceptors (Lipinski definition) is 3. The Kier molecular flexibility index (Phi) is 3.85. The third kappa shape index (κ3) is 3.34. The van der Waals surface area contributed by atoms with E-state index in [2.05, 4.69) is 22.2 Å². The minimum absolute atomic E-state index is 0.288. The lowest BCUT2D eigenvalue weighted by Crippen LogP contribution is -2.04. The summed E-state index contributed by atoms with van der Waals surface area (Å²) in [5.41, 5.74) is 3.08. The van der Waals surface area contributed by atoms with Gasteiger partial charge in [0.05, 0.1) is 12.1 Å². The Balaban J connectivity index is 2.08. The highest BCUT2D eigenvalue weighted by molar-refractivity contribution is 5.89. The van der Waals surface area contributed by atoms with Crippen LogP contribution in [0.4, 0.5) is 5.69 Å². The molecule has 0 aliphatic rings. The van der Waals surface area contributed by atoms with Gasteiger partial charge in [-0.1, -0.05) is 6.92 Å². The molecule has 0 aliphatic heterocycles. The molecule has 0 spiro atoms. The zero-order chi connectivity index (χ0) is 13.8. The lowest BCUT2D eigenvalue weighted by Gasteiger charge is -2.07. The van der Waals surface area contributed by atoms with Crippen LogP contribution in [-0.2, 0) is 13.0 Å². The molecule has 0 amide bonds. The molecule has 0 bridgehead atoms. The largest absolute Gasteiger partial charge is 0.478 e. The van der Waals surface area contributed by atoms with E-state index in [-0.39, 0.29) is 5.56 Å². The monoisotopic (exact) mass is 259 g/mol. The summed E-state index contributed by atoms with van der Waals surface area (Å²) in [7, 11) is 0. The number of rotatable bonds is 5. The number of aromatic carboxylic acids is 1. The van der Waals surface area contributed by atoms with E-state index < -0.39 is 5.97 Å². The molecule has 5 nitrogen and oxygen atoms in total. The van der Waals surface area contributed by atoms with E-state index in [9.17, 15) is 4.79 Å². The van der Waals surface area contributed by atoms with Crippen LogP contribution in [0.3, 0.4) is 0 Å². The number of carboxylic acid groups (broad SMARTS) is 1. The lowest BCUT2D eigenvalue weighted by atomic mass is 10.1. The van der Waals surface area contributed by atoms with Gasteiger partial charge in [-0.2, -0.15) is 0 Å². The topological polar surface area (TPSA) is 78.0 Å². The van der Waals surface area contributed by atoms with Crippen LogP contribution in [0.1, 0.15) is 34.4 Å². The highest BCUT2D eigenvalue weighted by atomic mass is 16.4. The van der Waals surface area contributed by atoms with Crippen molar-refractivity contribution in [2.75, 3.05) is 5.32 Å². The highest BCUT2D eigenvalue weighted by Crippen LogP contribution is 2.15. The molecule has 19 heavy (non-hydrogen) atoms. The first-order valence-electron chi connectivity index (χ1n) is 6.20. The van der Waals surface area contributed by atoms with E-state index in [1.54, 1.807) is 12.1 Å². The summed E-state index contributed by atoms with van der Waals surface area (Å²) in [6.45, 7) is 4.48. The molecule has 0 unspecified atom stereocenters. The Bertz CT molecular complexity index is 590. The molecule has 0 saturated carbocycles. The van der Waals surface area contributed by atoms with Crippen molar-refractivity contribution in [1.29, 1.82) is 0 Å². The van der Waals surface area contributed by atoms with E-state index >= 15 is 0 Å². The Morgan fingerprint density at radius 1 is 1.42 bits per heavy atom. The first kappa shape index (κ1) is 13.1. The number of anilines is 1. The molecule has 100 valence electrons. The van der Waals surface area contributed by atoms with Gasteiger partial charge in [0.15, 0.2) is 0 Å². The van der Waals surface area contributed by atoms with Gasteiger partial charge in [-0.3, -0.25) is 0 Å². The summed E-state index contributed by atoms with van der Waals surface area (Å²) in [6.07, 6.45) is 2.73. The molecule has 0 fully saturated rings. The van der Waals surface area contributed by atoms with E-state index in [1.807, 2.05) is 19.2 Å². The number of benzene rings is 1. The number of nitrogens with one attached hydrogen (secondary N) is 2. The number of aromatic nitrogens is 2. The lowest BCUT2D eigenvalue weighted by molar-refractivity contribution is 0.0697. The fourth-order valence-electron chi connectivity index (χ4n) is 1.87. The zero-order valence-electron chi connectivity index (χ0n) is 11.0. The van der Waals surface area contributed by atoms with Crippen LogP contribution in [0.5, 0.6) is 0 Å². The highest BCUT2D eigenvalue weighted by Gasteiger charge is 2.06. The van der Waals surface area contributed by atoms with Gasteiger partial charge in [-0.25, -0.2) is 9.78 Å². The molecule has 0 aliphatic carbocycles. The molecule has 2 rings (SSSR count). The van der Waals surface area contributed by atoms with E-state index in [0.29, 0.717) is 6.54 Å². The quantitative estimate of drug-likeness (QED) is 0.771. The summed E-state index contributed by atoms with van der Waals surface area (Å²) < 4.78 is 0. The summed E-state index contributed by atoms with van der Waals surface area (Å²) >= 11 is 0. The molecule has 0 radical (unpaired) electrons. The molecule has 3 N–H and O–H groups in total. The van der Waals surface area contributed by atoms with Gasteiger partial charge >= 0.3 is 5.97 Å². The van der Waals surface area contributed by atoms with Crippen molar-refractivity contribution in [1.82, 2.24) is 9.97 Å². The number of aryl methyl sites for hydroxylation is 2. The second-order valence-corrected chi connectivity index (χ2v) is 4.46. The second kappa shape index (κ2) is 5.56. The van der Waals surface area contributed by atoms with Gasteiger partial charge in [0.2, 0.25) is 0 Å². The number of hydrogen-bond donors (Lipinski definition) is 3. The van der Waals surface area contributed by atoms with Gasteiger partial charge in [-0.15, -0.1) is 0 Å². The average Bonchev–Trinajstić information content (AvgIpc) is 2.83. The molecule has 5 heteroatoms. The van der Waals surface area contributed by atoms with Crippen molar-refractivity contribution < 1.29 is 9.90 Å². The maximum atomic E-state index is 11.0. The van der Waals surface area contributed by atoms with Crippen molar-refractivity contribution in [3.05, 3.63) is 47.0 Å². The van der Waals surface area contributed by atoms with E-state index in [1.165, 1.54) is 0 Å². The summed E-state index contributed by atoms with van der Waals surface area (Å²) in [5, 5.41) is 12.2. The number of imidazole rings is 1.